The van der Waals surface area contributed by atoms with E-state index in [1.165, 1.54) is 103 Å². The van der Waals surface area contributed by atoms with Gasteiger partial charge in [-0.25, -0.2) is 4.79 Å². The molecule has 0 aromatic carbocycles. The van der Waals surface area contributed by atoms with Gasteiger partial charge in [-0.05, 0) is 33.6 Å². The number of hydrogen-bond donors (Lipinski definition) is 0. The number of hydrogen-bond acceptors (Lipinski definition) is 3. The monoisotopic (exact) mass is 409 g/mol. The molecule has 3 nitrogen and oxygen atoms in total. The van der Waals surface area contributed by atoms with E-state index in [0.717, 1.165) is 25.1 Å². The second-order valence-corrected chi connectivity index (χ2v) is 8.47. The molecule has 0 saturated carbocycles. The standard InChI is InChI=1S/C26H51NO2/c1-5-8-9-10-11-12-13-14-15-16-17-18-19-20-21-22-23-24-25(4)26(28)29-27(6-2)7-3/h24H,5-23H2,1-4H3. The van der Waals surface area contributed by atoms with Crippen LogP contribution in [0.25, 0.3) is 0 Å². The lowest BCUT2D eigenvalue weighted by atomic mass is 10.0. The number of carbonyl (C=O) groups excluding carboxylic acids is 1. The summed E-state index contributed by atoms with van der Waals surface area (Å²) < 4.78 is 0. The molecule has 0 saturated heterocycles. The highest BCUT2D eigenvalue weighted by molar-refractivity contribution is 5.87. The molecule has 0 rings (SSSR count). The molecule has 0 aliphatic carbocycles. The summed E-state index contributed by atoms with van der Waals surface area (Å²) in [5.74, 6) is -0.204. The van der Waals surface area contributed by atoms with E-state index >= 15 is 0 Å². The maximum atomic E-state index is 11.9. The van der Waals surface area contributed by atoms with Crippen molar-refractivity contribution in [1.82, 2.24) is 5.06 Å². The third-order valence-corrected chi connectivity index (χ3v) is 5.75. The van der Waals surface area contributed by atoms with Gasteiger partial charge in [0.15, 0.2) is 0 Å². The Morgan fingerprint density at radius 3 is 1.41 bits per heavy atom. The first-order valence-corrected chi connectivity index (χ1v) is 12.8. The second-order valence-electron chi connectivity index (χ2n) is 8.47. The highest BCUT2D eigenvalue weighted by Gasteiger charge is 2.09. The fourth-order valence-corrected chi connectivity index (χ4v) is 3.64. The molecule has 29 heavy (non-hydrogen) atoms. The summed E-state index contributed by atoms with van der Waals surface area (Å²) in [6.07, 6.45) is 25.3. The number of nitrogens with zero attached hydrogens (tertiary/aromatic N) is 1. The number of hydroxylamine groups is 2. The zero-order valence-corrected chi connectivity index (χ0v) is 20.3. The molecule has 0 amide bonds. The Balaban J connectivity index is 3.37. The van der Waals surface area contributed by atoms with Crippen molar-refractivity contribution in [1.29, 1.82) is 0 Å². The van der Waals surface area contributed by atoms with E-state index in [4.69, 9.17) is 4.84 Å². The normalized spacial score (nSPS) is 12.0. The first kappa shape index (κ1) is 28.2. The number of unbranched alkanes of at least 4 members (excludes halogenated alkanes) is 16. The van der Waals surface area contributed by atoms with Gasteiger partial charge in [-0.1, -0.05) is 109 Å². The van der Waals surface area contributed by atoms with Gasteiger partial charge < -0.3 is 4.84 Å². The Kier molecular flexibility index (Phi) is 21.2. The van der Waals surface area contributed by atoms with Gasteiger partial charge in [0.1, 0.15) is 0 Å². The van der Waals surface area contributed by atoms with Gasteiger partial charge >= 0.3 is 5.97 Å². The molecule has 0 radical (unpaired) electrons. The van der Waals surface area contributed by atoms with Crippen LogP contribution in [0, 0.1) is 0 Å². The Bertz CT molecular complexity index is 388. The molecule has 0 unspecified atom stereocenters. The zero-order valence-electron chi connectivity index (χ0n) is 20.3. The van der Waals surface area contributed by atoms with Crippen LogP contribution in [0.5, 0.6) is 0 Å². The molecule has 0 N–H and O–H groups in total. The van der Waals surface area contributed by atoms with Crippen LogP contribution in [0.3, 0.4) is 0 Å². The molecule has 0 spiro atoms. The van der Waals surface area contributed by atoms with Crippen molar-refractivity contribution in [2.75, 3.05) is 13.1 Å². The largest absolute Gasteiger partial charge is 0.364 e. The van der Waals surface area contributed by atoms with Crippen LogP contribution in [0.4, 0.5) is 0 Å². The van der Waals surface area contributed by atoms with Crippen LogP contribution in [0.15, 0.2) is 11.6 Å². The van der Waals surface area contributed by atoms with E-state index in [1.807, 2.05) is 26.8 Å². The van der Waals surface area contributed by atoms with E-state index in [2.05, 4.69) is 6.92 Å². The molecule has 0 aliphatic heterocycles. The number of carbonyl (C=O) groups is 1. The summed E-state index contributed by atoms with van der Waals surface area (Å²) in [4.78, 5) is 17.3. The van der Waals surface area contributed by atoms with Crippen LogP contribution in [0.1, 0.15) is 137 Å². The van der Waals surface area contributed by atoms with Crippen LogP contribution in [-0.4, -0.2) is 24.1 Å². The zero-order chi connectivity index (χ0) is 21.6. The van der Waals surface area contributed by atoms with Gasteiger partial charge in [-0.15, -0.1) is 5.06 Å². The van der Waals surface area contributed by atoms with Crippen LogP contribution >= 0.6 is 0 Å². The van der Waals surface area contributed by atoms with Crippen LogP contribution < -0.4 is 0 Å². The molecule has 0 aromatic heterocycles. The van der Waals surface area contributed by atoms with E-state index in [-0.39, 0.29) is 5.97 Å². The number of allylic oxidation sites excluding steroid dienone is 1. The van der Waals surface area contributed by atoms with E-state index < -0.39 is 0 Å². The van der Waals surface area contributed by atoms with Crippen molar-refractivity contribution in [3.8, 4) is 0 Å². The summed E-state index contributed by atoms with van der Waals surface area (Å²) in [6.45, 7) is 9.59. The molecule has 0 aromatic rings. The van der Waals surface area contributed by atoms with Gasteiger partial charge in [0.2, 0.25) is 0 Å². The molecule has 0 heterocycles. The summed E-state index contributed by atoms with van der Waals surface area (Å²) >= 11 is 0. The molecule has 0 bridgehead atoms. The smallest absolute Gasteiger partial charge is 0.352 e. The van der Waals surface area contributed by atoms with E-state index in [9.17, 15) is 4.79 Å². The van der Waals surface area contributed by atoms with Crippen molar-refractivity contribution in [2.45, 2.75) is 137 Å². The summed E-state index contributed by atoms with van der Waals surface area (Å²) in [5, 5.41) is 1.69. The van der Waals surface area contributed by atoms with Gasteiger partial charge in [0.05, 0.1) is 0 Å². The average Bonchev–Trinajstić information content (AvgIpc) is 2.73. The van der Waals surface area contributed by atoms with Crippen molar-refractivity contribution in [2.24, 2.45) is 0 Å². The first-order chi connectivity index (χ1) is 14.2. The van der Waals surface area contributed by atoms with Gasteiger partial charge in [-0.2, -0.15) is 0 Å². The second kappa shape index (κ2) is 21.9. The predicted octanol–water partition coefficient (Wildman–Crippen LogP) is 8.38. The highest BCUT2D eigenvalue weighted by Crippen LogP contribution is 2.14. The maximum Gasteiger partial charge on any atom is 0.352 e. The van der Waals surface area contributed by atoms with Crippen molar-refractivity contribution >= 4 is 5.97 Å². The van der Waals surface area contributed by atoms with Crippen LogP contribution in [0.2, 0.25) is 0 Å². The number of rotatable bonds is 21. The topological polar surface area (TPSA) is 29.5 Å². The quantitative estimate of drug-likeness (QED) is 0.108. The SMILES string of the molecule is CCCCCCCCCCCCCCCCCCC=C(C)C(=O)ON(CC)CC. The molecule has 0 aliphatic rings. The lowest BCUT2D eigenvalue weighted by Gasteiger charge is -2.17. The van der Waals surface area contributed by atoms with Crippen molar-refractivity contribution in [3.05, 3.63) is 11.6 Å². The fraction of sp³-hybridized carbons (Fsp3) is 0.885. The predicted molar refractivity (Wildman–Crippen MR) is 127 cm³/mol. The third kappa shape index (κ3) is 18.9. The molecule has 0 fully saturated rings. The minimum Gasteiger partial charge on any atom is -0.364 e. The molecular formula is C26H51NO2. The van der Waals surface area contributed by atoms with Gasteiger partial charge in [0.25, 0.3) is 0 Å². The first-order valence-electron chi connectivity index (χ1n) is 12.8. The van der Waals surface area contributed by atoms with E-state index in [1.54, 1.807) is 5.06 Å². The minimum absolute atomic E-state index is 0.204. The van der Waals surface area contributed by atoms with Crippen LogP contribution in [-0.2, 0) is 9.63 Å². The van der Waals surface area contributed by atoms with Gasteiger partial charge in [0, 0.05) is 18.7 Å². The maximum absolute atomic E-state index is 11.9. The molecular weight excluding hydrogens is 358 g/mol. The Labute approximate surface area is 182 Å². The third-order valence-electron chi connectivity index (χ3n) is 5.75. The summed E-state index contributed by atoms with van der Waals surface area (Å²) in [7, 11) is 0. The lowest BCUT2D eigenvalue weighted by Crippen LogP contribution is -2.27. The van der Waals surface area contributed by atoms with Crippen molar-refractivity contribution < 1.29 is 9.63 Å². The Morgan fingerprint density at radius 1 is 0.655 bits per heavy atom. The Hall–Kier alpha value is -0.830. The fourth-order valence-electron chi connectivity index (χ4n) is 3.64. The highest BCUT2D eigenvalue weighted by atomic mass is 16.7. The minimum atomic E-state index is -0.204. The van der Waals surface area contributed by atoms with Gasteiger partial charge in [-0.3, -0.25) is 0 Å². The Morgan fingerprint density at radius 2 is 1.03 bits per heavy atom. The van der Waals surface area contributed by atoms with Crippen molar-refractivity contribution in [3.63, 3.8) is 0 Å². The molecule has 172 valence electrons. The summed E-state index contributed by atoms with van der Waals surface area (Å²) in [6, 6.07) is 0. The average molecular weight is 410 g/mol. The lowest BCUT2D eigenvalue weighted by molar-refractivity contribution is -0.183. The molecule has 0 atom stereocenters. The van der Waals surface area contributed by atoms with E-state index in [0.29, 0.717) is 0 Å². The molecule has 3 heteroatoms. The summed E-state index contributed by atoms with van der Waals surface area (Å²) in [5.41, 5.74) is 0.734.